The molecular formula is C20H20N2O7S. The van der Waals surface area contributed by atoms with Crippen LogP contribution in [0.15, 0.2) is 36.4 Å². The standard InChI is InChI=1S/C20H20N2O7S/c1-11(23)21-14-6-4-5-13-18(14)20(26)22(19(13)25)15(10-30(3,27)28)12-7-8-16(24)17(9-12)29-2/h4-9,15,24H,10H2,1-3H3,(H,21,23). The first-order valence-electron chi connectivity index (χ1n) is 8.86. The summed E-state index contributed by atoms with van der Waals surface area (Å²) in [6, 6.07) is 7.39. The Kier molecular flexibility index (Phi) is 5.53. The van der Waals surface area contributed by atoms with E-state index in [1.54, 1.807) is 0 Å². The molecule has 0 saturated carbocycles. The second-order valence-electron chi connectivity index (χ2n) is 6.93. The van der Waals surface area contributed by atoms with Gasteiger partial charge in [0.2, 0.25) is 5.91 Å². The fraction of sp³-hybridized carbons (Fsp3) is 0.250. The summed E-state index contributed by atoms with van der Waals surface area (Å²) in [6.45, 7) is 1.27. The van der Waals surface area contributed by atoms with Gasteiger partial charge in [0.1, 0.15) is 9.84 Å². The summed E-state index contributed by atoms with van der Waals surface area (Å²) in [7, 11) is -2.30. The van der Waals surface area contributed by atoms with Crippen molar-refractivity contribution in [3.63, 3.8) is 0 Å². The van der Waals surface area contributed by atoms with Gasteiger partial charge in [0.15, 0.2) is 11.5 Å². The molecule has 0 spiro atoms. The number of hydrogen-bond acceptors (Lipinski definition) is 7. The molecule has 2 aromatic carbocycles. The van der Waals surface area contributed by atoms with Crippen molar-refractivity contribution >= 4 is 33.2 Å². The predicted molar refractivity (Wildman–Crippen MR) is 108 cm³/mol. The summed E-state index contributed by atoms with van der Waals surface area (Å²) in [5, 5.41) is 12.4. The molecule has 1 atom stereocenters. The summed E-state index contributed by atoms with van der Waals surface area (Å²) in [4.78, 5) is 38.6. The molecule has 0 aromatic heterocycles. The highest BCUT2D eigenvalue weighted by Crippen LogP contribution is 2.38. The highest BCUT2D eigenvalue weighted by Gasteiger charge is 2.43. The molecule has 3 amide bonds. The highest BCUT2D eigenvalue weighted by molar-refractivity contribution is 7.90. The zero-order valence-electron chi connectivity index (χ0n) is 16.5. The Bertz CT molecular complexity index is 1160. The van der Waals surface area contributed by atoms with Crippen molar-refractivity contribution in [3.8, 4) is 11.5 Å². The molecule has 1 heterocycles. The number of phenols is 1. The molecule has 0 saturated heterocycles. The lowest BCUT2D eigenvalue weighted by molar-refractivity contribution is -0.114. The van der Waals surface area contributed by atoms with Gasteiger partial charge in [-0.15, -0.1) is 0 Å². The van der Waals surface area contributed by atoms with E-state index in [0.29, 0.717) is 5.56 Å². The van der Waals surface area contributed by atoms with Gasteiger partial charge in [0, 0.05) is 13.2 Å². The number of aromatic hydroxyl groups is 1. The number of ether oxygens (including phenoxy) is 1. The third-order valence-corrected chi connectivity index (χ3v) is 5.54. The van der Waals surface area contributed by atoms with Crippen LogP contribution in [-0.4, -0.2) is 55.3 Å². The number of hydrogen-bond donors (Lipinski definition) is 2. The van der Waals surface area contributed by atoms with Gasteiger partial charge >= 0.3 is 0 Å². The number of amides is 3. The van der Waals surface area contributed by atoms with Crippen LogP contribution in [0.5, 0.6) is 11.5 Å². The molecule has 10 heteroatoms. The number of nitrogens with zero attached hydrogens (tertiary/aromatic N) is 1. The maximum atomic E-state index is 13.2. The van der Waals surface area contributed by atoms with Crippen molar-refractivity contribution in [3.05, 3.63) is 53.1 Å². The molecule has 0 fully saturated rings. The Morgan fingerprint density at radius 3 is 2.50 bits per heavy atom. The minimum absolute atomic E-state index is 0.00180. The molecule has 30 heavy (non-hydrogen) atoms. The zero-order valence-corrected chi connectivity index (χ0v) is 17.3. The number of nitrogens with one attached hydrogen (secondary N) is 1. The summed E-state index contributed by atoms with van der Waals surface area (Å²) in [6.07, 6.45) is 0.999. The lowest BCUT2D eigenvalue weighted by atomic mass is 10.1. The van der Waals surface area contributed by atoms with Gasteiger partial charge in [0.05, 0.1) is 35.7 Å². The van der Waals surface area contributed by atoms with E-state index in [9.17, 15) is 27.9 Å². The average Bonchev–Trinajstić information content (AvgIpc) is 2.91. The lowest BCUT2D eigenvalue weighted by Crippen LogP contribution is -2.37. The number of methoxy groups -OCH3 is 1. The number of anilines is 1. The summed E-state index contributed by atoms with van der Waals surface area (Å²) >= 11 is 0. The first-order chi connectivity index (χ1) is 14.0. The number of benzene rings is 2. The van der Waals surface area contributed by atoms with Crippen LogP contribution in [0.25, 0.3) is 0 Å². The fourth-order valence-electron chi connectivity index (χ4n) is 3.39. The van der Waals surface area contributed by atoms with Gasteiger partial charge in [-0.25, -0.2) is 8.42 Å². The van der Waals surface area contributed by atoms with Crippen LogP contribution in [-0.2, 0) is 14.6 Å². The van der Waals surface area contributed by atoms with Crippen LogP contribution in [0.1, 0.15) is 39.2 Å². The quantitative estimate of drug-likeness (QED) is 0.665. The molecule has 2 N–H and O–H groups in total. The maximum absolute atomic E-state index is 13.2. The van der Waals surface area contributed by atoms with E-state index in [0.717, 1.165) is 11.2 Å². The van der Waals surface area contributed by atoms with Crippen LogP contribution in [0.3, 0.4) is 0 Å². The van der Waals surface area contributed by atoms with Gasteiger partial charge in [-0.1, -0.05) is 12.1 Å². The minimum Gasteiger partial charge on any atom is -0.504 e. The largest absolute Gasteiger partial charge is 0.504 e. The van der Waals surface area contributed by atoms with E-state index in [-0.39, 0.29) is 28.3 Å². The first kappa shape index (κ1) is 21.3. The predicted octanol–water partition coefficient (Wildman–Crippen LogP) is 1.74. The Hall–Kier alpha value is -3.40. The van der Waals surface area contributed by atoms with Crippen molar-refractivity contribution in [1.82, 2.24) is 4.90 Å². The molecule has 1 unspecified atom stereocenters. The fourth-order valence-corrected chi connectivity index (χ4v) is 4.30. The van der Waals surface area contributed by atoms with Crippen molar-refractivity contribution in [2.45, 2.75) is 13.0 Å². The molecule has 0 aliphatic carbocycles. The number of rotatable bonds is 6. The van der Waals surface area contributed by atoms with Crippen LogP contribution in [0, 0.1) is 0 Å². The van der Waals surface area contributed by atoms with Gasteiger partial charge in [-0.3, -0.25) is 19.3 Å². The smallest absolute Gasteiger partial charge is 0.264 e. The zero-order chi connectivity index (χ0) is 22.2. The lowest BCUT2D eigenvalue weighted by Gasteiger charge is -2.26. The number of imide groups is 1. The SMILES string of the molecule is COc1cc(C(CS(C)(=O)=O)N2C(=O)c3cccc(NC(C)=O)c3C2=O)ccc1O. The summed E-state index contributed by atoms with van der Waals surface area (Å²) < 4.78 is 29.3. The molecular weight excluding hydrogens is 412 g/mol. The summed E-state index contributed by atoms with van der Waals surface area (Å²) in [5.41, 5.74) is 0.533. The van der Waals surface area contributed by atoms with Crippen molar-refractivity contribution in [2.75, 3.05) is 24.4 Å². The molecule has 1 aliphatic rings. The molecule has 3 rings (SSSR count). The molecule has 2 aromatic rings. The van der Waals surface area contributed by atoms with Crippen molar-refractivity contribution < 1.29 is 32.6 Å². The number of carbonyl (C=O) groups is 3. The number of fused-ring (bicyclic) bond motifs is 1. The van der Waals surface area contributed by atoms with Gasteiger partial charge in [-0.05, 0) is 29.8 Å². The van der Waals surface area contributed by atoms with E-state index >= 15 is 0 Å². The molecule has 9 nitrogen and oxygen atoms in total. The Morgan fingerprint density at radius 1 is 1.20 bits per heavy atom. The molecule has 1 aliphatic heterocycles. The van der Waals surface area contributed by atoms with E-state index in [1.807, 2.05) is 0 Å². The summed E-state index contributed by atoms with van der Waals surface area (Å²) in [5.74, 6) is -2.45. The van der Waals surface area contributed by atoms with E-state index < -0.39 is 39.4 Å². The van der Waals surface area contributed by atoms with Crippen LogP contribution >= 0.6 is 0 Å². The topological polar surface area (TPSA) is 130 Å². The van der Waals surface area contributed by atoms with Crippen LogP contribution in [0.2, 0.25) is 0 Å². The maximum Gasteiger partial charge on any atom is 0.264 e. The van der Waals surface area contributed by atoms with Crippen molar-refractivity contribution in [1.29, 1.82) is 0 Å². The normalized spacial score (nSPS) is 14.4. The Labute approximate surface area is 173 Å². The monoisotopic (exact) mass is 432 g/mol. The Morgan fingerprint density at radius 2 is 1.90 bits per heavy atom. The number of carbonyl (C=O) groups excluding carboxylic acids is 3. The second-order valence-corrected chi connectivity index (χ2v) is 9.11. The number of phenolic OH excluding ortho intramolecular Hbond substituents is 1. The van der Waals surface area contributed by atoms with Gasteiger partial charge in [-0.2, -0.15) is 0 Å². The molecule has 158 valence electrons. The van der Waals surface area contributed by atoms with Gasteiger partial charge < -0.3 is 15.2 Å². The first-order valence-corrected chi connectivity index (χ1v) is 10.9. The number of sulfone groups is 1. The molecule has 0 bridgehead atoms. The average molecular weight is 432 g/mol. The minimum atomic E-state index is -3.62. The second kappa shape index (κ2) is 7.79. The van der Waals surface area contributed by atoms with E-state index in [2.05, 4.69) is 5.32 Å². The Balaban J connectivity index is 2.14. The van der Waals surface area contributed by atoms with Crippen molar-refractivity contribution in [2.24, 2.45) is 0 Å². The van der Waals surface area contributed by atoms with Crippen LogP contribution in [0.4, 0.5) is 5.69 Å². The molecule has 0 radical (unpaired) electrons. The highest BCUT2D eigenvalue weighted by atomic mass is 32.2. The third kappa shape index (κ3) is 3.99. The van der Waals surface area contributed by atoms with Crippen LogP contribution < -0.4 is 10.1 Å². The van der Waals surface area contributed by atoms with E-state index in [1.165, 1.54) is 50.4 Å². The van der Waals surface area contributed by atoms with E-state index in [4.69, 9.17) is 4.74 Å². The van der Waals surface area contributed by atoms with Gasteiger partial charge in [0.25, 0.3) is 11.8 Å². The third-order valence-electron chi connectivity index (χ3n) is 4.62.